The number of hydrogen-bond acceptors (Lipinski definition) is 6. The van der Waals surface area contributed by atoms with E-state index in [0.29, 0.717) is 25.5 Å². The summed E-state index contributed by atoms with van der Waals surface area (Å²) in [6.07, 6.45) is 2.85. The molecule has 2 aromatic rings. The Balaban J connectivity index is 1.64. The molecule has 1 aliphatic heterocycles. The number of amides is 1. The van der Waals surface area contributed by atoms with Gasteiger partial charge in [0.15, 0.2) is 9.84 Å². The lowest BCUT2D eigenvalue weighted by atomic mass is 10.1. The van der Waals surface area contributed by atoms with Gasteiger partial charge in [-0.15, -0.1) is 0 Å². The Morgan fingerprint density at radius 3 is 2.70 bits per heavy atom. The average Bonchev–Trinajstić information content (AvgIpc) is 3.03. The summed E-state index contributed by atoms with van der Waals surface area (Å²) in [4.78, 5) is 22.9. The average molecular weight is 388 g/mol. The molecule has 0 spiro atoms. The summed E-state index contributed by atoms with van der Waals surface area (Å²) in [5.41, 5.74) is 1.48. The van der Waals surface area contributed by atoms with Crippen molar-refractivity contribution in [3.05, 3.63) is 53.9 Å². The highest BCUT2D eigenvalue weighted by atomic mass is 32.2. The molecule has 8 heteroatoms. The molecule has 0 bridgehead atoms. The Labute approximate surface area is 159 Å². The van der Waals surface area contributed by atoms with Crippen LogP contribution < -0.4 is 5.32 Å². The van der Waals surface area contributed by atoms with Gasteiger partial charge >= 0.3 is 0 Å². The third kappa shape index (κ3) is 5.03. The van der Waals surface area contributed by atoms with E-state index >= 15 is 0 Å². The van der Waals surface area contributed by atoms with E-state index in [1.807, 2.05) is 25.1 Å². The quantitative estimate of drug-likeness (QED) is 0.777. The van der Waals surface area contributed by atoms with Gasteiger partial charge in [0.25, 0.3) is 5.91 Å². The molecular weight excluding hydrogens is 364 g/mol. The molecule has 1 unspecified atom stereocenters. The first-order valence-corrected chi connectivity index (χ1v) is 10.9. The zero-order valence-electron chi connectivity index (χ0n) is 15.3. The van der Waals surface area contributed by atoms with Gasteiger partial charge in [-0.2, -0.15) is 0 Å². The molecule has 1 fully saturated rings. The lowest BCUT2D eigenvalue weighted by Gasteiger charge is -2.26. The molecule has 1 aliphatic rings. The van der Waals surface area contributed by atoms with Crippen LogP contribution in [0.3, 0.4) is 0 Å². The second-order valence-electron chi connectivity index (χ2n) is 6.58. The van der Waals surface area contributed by atoms with Crippen molar-refractivity contribution in [1.82, 2.24) is 14.9 Å². The van der Waals surface area contributed by atoms with Crippen LogP contribution in [0.1, 0.15) is 29.4 Å². The van der Waals surface area contributed by atoms with Gasteiger partial charge in [-0.1, -0.05) is 30.3 Å². The Bertz CT molecular complexity index is 887. The summed E-state index contributed by atoms with van der Waals surface area (Å²) in [5, 5.41) is 3.14. The number of nitrogens with zero attached hydrogens (tertiary/aromatic N) is 3. The van der Waals surface area contributed by atoms with Crippen LogP contribution in [0, 0.1) is 0 Å². The van der Waals surface area contributed by atoms with Gasteiger partial charge < -0.3 is 10.2 Å². The van der Waals surface area contributed by atoms with Crippen LogP contribution in [-0.4, -0.2) is 59.8 Å². The number of hydrogen-bond donors (Lipinski definition) is 1. The number of nitrogens with one attached hydrogen (secondary N) is 1. The van der Waals surface area contributed by atoms with Crippen molar-refractivity contribution in [3.8, 4) is 0 Å². The van der Waals surface area contributed by atoms with Gasteiger partial charge in [0.05, 0.1) is 11.5 Å². The van der Waals surface area contributed by atoms with E-state index in [1.165, 1.54) is 5.56 Å². The van der Waals surface area contributed by atoms with Crippen LogP contribution in [-0.2, 0) is 16.3 Å². The van der Waals surface area contributed by atoms with E-state index in [0.717, 1.165) is 6.42 Å². The van der Waals surface area contributed by atoms with Gasteiger partial charge in [-0.25, -0.2) is 18.4 Å². The van der Waals surface area contributed by atoms with Crippen LogP contribution in [0.25, 0.3) is 0 Å². The van der Waals surface area contributed by atoms with Crippen LogP contribution >= 0.6 is 0 Å². The maximum Gasteiger partial charge on any atom is 0.272 e. The van der Waals surface area contributed by atoms with Crippen molar-refractivity contribution >= 4 is 21.7 Å². The molecule has 3 rings (SSSR count). The normalized spacial score (nSPS) is 18.2. The predicted molar refractivity (Wildman–Crippen MR) is 104 cm³/mol. The van der Waals surface area contributed by atoms with Crippen LogP contribution in [0.2, 0.25) is 0 Å². The van der Waals surface area contributed by atoms with Crippen molar-refractivity contribution < 1.29 is 13.2 Å². The summed E-state index contributed by atoms with van der Waals surface area (Å²) in [6, 6.07) is 11.4. The molecule has 144 valence electrons. The SMILES string of the molecule is CCN(C(=O)c1ccnc(NCCc2ccccc2)n1)C1CCS(=O)(=O)C1. The van der Waals surface area contributed by atoms with E-state index in [1.54, 1.807) is 17.2 Å². The fourth-order valence-corrected chi connectivity index (χ4v) is 4.99. The first-order valence-electron chi connectivity index (χ1n) is 9.11. The molecule has 1 aromatic heterocycles. The molecule has 0 saturated carbocycles. The Kier molecular flexibility index (Phi) is 6.05. The maximum absolute atomic E-state index is 12.8. The van der Waals surface area contributed by atoms with E-state index in [9.17, 15) is 13.2 Å². The number of sulfone groups is 1. The lowest BCUT2D eigenvalue weighted by molar-refractivity contribution is 0.0702. The molecule has 1 N–H and O–H groups in total. The molecule has 1 saturated heterocycles. The smallest absolute Gasteiger partial charge is 0.272 e. The minimum atomic E-state index is -3.05. The highest BCUT2D eigenvalue weighted by molar-refractivity contribution is 7.91. The fourth-order valence-electron chi connectivity index (χ4n) is 3.26. The highest BCUT2D eigenvalue weighted by Crippen LogP contribution is 2.19. The van der Waals surface area contributed by atoms with Crippen LogP contribution in [0.15, 0.2) is 42.6 Å². The third-order valence-electron chi connectivity index (χ3n) is 4.67. The van der Waals surface area contributed by atoms with Gasteiger partial charge in [-0.05, 0) is 31.4 Å². The van der Waals surface area contributed by atoms with E-state index < -0.39 is 9.84 Å². The number of carbonyl (C=O) groups excluding carboxylic acids is 1. The molecular formula is C19H24N4O3S. The summed E-state index contributed by atoms with van der Waals surface area (Å²) in [7, 11) is -3.05. The molecule has 0 aliphatic carbocycles. The van der Waals surface area contributed by atoms with Gasteiger partial charge in [-0.3, -0.25) is 4.79 Å². The fraction of sp³-hybridized carbons (Fsp3) is 0.421. The molecule has 27 heavy (non-hydrogen) atoms. The first-order chi connectivity index (χ1) is 13.0. The van der Waals surface area contributed by atoms with Crippen molar-refractivity contribution in [3.63, 3.8) is 0 Å². The molecule has 1 aromatic carbocycles. The summed E-state index contributed by atoms with van der Waals surface area (Å²) < 4.78 is 23.5. The van der Waals surface area contributed by atoms with E-state index in [4.69, 9.17) is 0 Å². The summed E-state index contributed by atoms with van der Waals surface area (Å²) in [6.45, 7) is 2.95. The summed E-state index contributed by atoms with van der Waals surface area (Å²) in [5.74, 6) is 0.303. The molecule has 1 amide bonds. The van der Waals surface area contributed by atoms with E-state index in [2.05, 4.69) is 27.4 Å². The maximum atomic E-state index is 12.8. The van der Waals surface area contributed by atoms with Crippen molar-refractivity contribution in [2.75, 3.05) is 29.9 Å². The molecule has 2 heterocycles. The van der Waals surface area contributed by atoms with Gasteiger partial charge in [0, 0.05) is 25.3 Å². The molecule has 7 nitrogen and oxygen atoms in total. The Morgan fingerprint density at radius 1 is 1.26 bits per heavy atom. The zero-order chi connectivity index (χ0) is 19.3. The number of anilines is 1. The highest BCUT2D eigenvalue weighted by Gasteiger charge is 2.34. The number of aromatic nitrogens is 2. The largest absolute Gasteiger partial charge is 0.354 e. The molecule has 1 atom stereocenters. The topological polar surface area (TPSA) is 92.3 Å². The Hall–Kier alpha value is -2.48. The monoisotopic (exact) mass is 388 g/mol. The van der Waals surface area contributed by atoms with Crippen molar-refractivity contribution in [2.45, 2.75) is 25.8 Å². The number of carbonyl (C=O) groups is 1. The van der Waals surface area contributed by atoms with Crippen LogP contribution in [0.4, 0.5) is 5.95 Å². The predicted octanol–water partition coefficient (Wildman–Crippen LogP) is 1.78. The lowest BCUT2D eigenvalue weighted by Crippen LogP contribution is -2.41. The molecule has 0 radical (unpaired) electrons. The third-order valence-corrected chi connectivity index (χ3v) is 6.42. The minimum absolute atomic E-state index is 0.0276. The number of rotatable bonds is 7. The zero-order valence-corrected chi connectivity index (χ0v) is 16.2. The van der Waals surface area contributed by atoms with Crippen molar-refractivity contribution in [2.24, 2.45) is 0 Å². The number of benzene rings is 1. The summed E-state index contributed by atoms with van der Waals surface area (Å²) >= 11 is 0. The second kappa shape index (κ2) is 8.47. The van der Waals surface area contributed by atoms with Gasteiger partial charge in [0.2, 0.25) is 5.95 Å². The first kappa shape index (κ1) is 19.3. The van der Waals surface area contributed by atoms with Gasteiger partial charge in [0.1, 0.15) is 5.69 Å². The second-order valence-corrected chi connectivity index (χ2v) is 8.80. The standard InChI is InChI=1S/C19H24N4O3S/c1-2-23(16-10-13-27(25,26)14-16)18(24)17-9-12-21-19(22-17)20-11-8-15-6-4-3-5-7-15/h3-7,9,12,16H,2,8,10-11,13-14H2,1H3,(H,20,21,22). The Morgan fingerprint density at radius 2 is 2.04 bits per heavy atom. The van der Waals surface area contributed by atoms with E-state index in [-0.39, 0.29) is 29.1 Å². The minimum Gasteiger partial charge on any atom is -0.354 e. The van der Waals surface area contributed by atoms with Crippen molar-refractivity contribution in [1.29, 1.82) is 0 Å². The van der Waals surface area contributed by atoms with Crippen LogP contribution in [0.5, 0.6) is 0 Å².